The molecule has 0 radical (unpaired) electrons. The Kier molecular flexibility index (Phi) is 4.87. The van der Waals surface area contributed by atoms with Crippen molar-refractivity contribution in [1.29, 1.82) is 5.26 Å². The van der Waals surface area contributed by atoms with E-state index in [1.54, 1.807) is 24.3 Å². The van der Waals surface area contributed by atoms with Crippen LogP contribution in [0, 0.1) is 34.4 Å². The molecule has 1 unspecified atom stereocenters. The van der Waals surface area contributed by atoms with Crippen molar-refractivity contribution in [1.82, 2.24) is 0 Å². The standard InChI is InChI=1S/C24H22FNO3/c1-24(2)18(12-15-8-9-15)22(24)23(27)29-21(14-26)16-10-11-19(25)20(13-16)28-17-6-4-3-5-7-17/h3-7,10-13,18,21-22H,8-9H2,1-2H3/t18-,21?,22+/m1/s1. The Balaban J connectivity index is 1.49. The Morgan fingerprint density at radius 2 is 1.97 bits per heavy atom. The largest absolute Gasteiger partial charge is 0.454 e. The SMILES string of the molecule is CC1(C)[C@H](C=C2CC2)[C@H]1C(=O)OC(C#N)c1ccc(F)c(Oc2ccccc2)c1. The zero-order chi connectivity index (χ0) is 20.6. The summed E-state index contributed by atoms with van der Waals surface area (Å²) in [5.41, 5.74) is 1.59. The second-order valence-electron chi connectivity index (χ2n) is 8.20. The predicted octanol–water partition coefficient (Wildman–Crippen LogP) is 5.72. The molecule has 0 aromatic heterocycles. The summed E-state index contributed by atoms with van der Waals surface area (Å²) in [5.74, 6) is -0.597. The normalized spacial score (nSPS) is 22.2. The van der Waals surface area contributed by atoms with Crippen molar-refractivity contribution in [3.63, 3.8) is 0 Å². The molecule has 2 saturated carbocycles. The number of carbonyl (C=O) groups is 1. The summed E-state index contributed by atoms with van der Waals surface area (Å²) < 4.78 is 25.3. The highest BCUT2D eigenvalue weighted by molar-refractivity contribution is 5.79. The van der Waals surface area contributed by atoms with Gasteiger partial charge in [0.2, 0.25) is 6.10 Å². The zero-order valence-corrected chi connectivity index (χ0v) is 16.4. The third-order valence-electron chi connectivity index (χ3n) is 5.70. The summed E-state index contributed by atoms with van der Waals surface area (Å²) in [6.07, 6.45) is 3.27. The maximum absolute atomic E-state index is 14.2. The van der Waals surface area contributed by atoms with Crippen LogP contribution in [0.5, 0.6) is 11.5 Å². The number of nitriles is 1. The molecule has 29 heavy (non-hydrogen) atoms. The van der Waals surface area contributed by atoms with Gasteiger partial charge in [0.15, 0.2) is 11.6 Å². The molecule has 2 aliphatic rings. The molecule has 4 nitrogen and oxygen atoms in total. The van der Waals surface area contributed by atoms with Gasteiger partial charge in [-0.05, 0) is 48.4 Å². The van der Waals surface area contributed by atoms with Crippen LogP contribution in [0.25, 0.3) is 0 Å². The van der Waals surface area contributed by atoms with Gasteiger partial charge in [-0.1, -0.05) is 49.8 Å². The maximum Gasteiger partial charge on any atom is 0.311 e. The molecule has 2 aromatic rings. The van der Waals surface area contributed by atoms with Gasteiger partial charge in [0.1, 0.15) is 11.8 Å². The molecular weight excluding hydrogens is 369 g/mol. The fourth-order valence-electron chi connectivity index (χ4n) is 3.67. The van der Waals surface area contributed by atoms with Gasteiger partial charge in [-0.25, -0.2) is 4.39 Å². The third-order valence-corrected chi connectivity index (χ3v) is 5.70. The Morgan fingerprint density at radius 3 is 2.62 bits per heavy atom. The number of para-hydroxylation sites is 1. The lowest BCUT2D eigenvalue weighted by Gasteiger charge is -2.14. The van der Waals surface area contributed by atoms with Crippen LogP contribution in [-0.2, 0) is 9.53 Å². The van der Waals surface area contributed by atoms with Crippen molar-refractivity contribution >= 4 is 5.97 Å². The molecule has 0 heterocycles. The smallest absolute Gasteiger partial charge is 0.311 e. The lowest BCUT2D eigenvalue weighted by atomic mass is 10.1. The van der Waals surface area contributed by atoms with Gasteiger partial charge in [0.05, 0.1) is 5.92 Å². The van der Waals surface area contributed by atoms with Crippen LogP contribution < -0.4 is 4.74 Å². The molecule has 0 saturated heterocycles. The van der Waals surface area contributed by atoms with Gasteiger partial charge in [0.25, 0.3) is 0 Å². The minimum atomic E-state index is -1.12. The highest BCUT2D eigenvalue weighted by atomic mass is 19.1. The van der Waals surface area contributed by atoms with E-state index in [4.69, 9.17) is 9.47 Å². The van der Waals surface area contributed by atoms with E-state index in [-0.39, 0.29) is 29.0 Å². The Bertz CT molecular complexity index is 1000. The Morgan fingerprint density at radius 1 is 1.24 bits per heavy atom. The molecule has 0 aliphatic heterocycles. The van der Waals surface area contributed by atoms with Gasteiger partial charge in [-0.15, -0.1) is 0 Å². The van der Waals surface area contributed by atoms with Crippen LogP contribution in [0.3, 0.4) is 0 Å². The van der Waals surface area contributed by atoms with Crippen molar-refractivity contribution < 1.29 is 18.7 Å². The number of halogens is 1. The monoisotopic (exact) mass is 391 g/mol. The van der Waals surface area contributed by atoms with Crippen LogP contribution in [-0.4, -0.2) is 5.97 Å². The van der Waals surface area contributed by atoms with E-state index in [9.17, 15) is 14.4 Å². The maximum atomic E-state index is 14.2. The summed E-state index contributed by atoms with van der Waals surface area (Å²) >= 11 is 0. The number of hydrogen-bond acceptors (Lipinski definition) is 4. The molecule has 0 amide bonds. The summed E-state index contributed by atoms with van der Waals surface area (Å²) in [6, 6.07) is 14.9. The first-order valence-electron chi connectivity index (χ1n) is 9.72. The lowest BCUT2D eigenvalue weighted by Crippen LogP contribution is -2.14. The molecular formula is C24H22FNO3. The fraction of sp³-hybridized carbons (Fsp3) is 0.333. The van der Waals surface area contributed by atoms with Crippen LogP contribution in [0.2, 0.25) is 0 Å². The third kappa shape index (κ3) is 4.02. The summed E-state index contributed by atoms with van der Waals surface area (Å²) in [6.45, 7) is 4.07. The van der Waals surface area contributed by atoms with Crippen LogP contribution >= 0.6 is 0 Å². The van der Waals surface area contributed by atoms with Gasteiger partial charge < -0.3 is 9.47 Å². The number of benzene rings is 2. The number of esters is 1. The number of allylic oxidation sites excluding steroid dienone is 2. The van der Waals surface area contributed by atoms with Crippen LogP contribution in [0.15, 0.2) is 60.2 Å². The molecule has 2 aliphatic carbocycles. The Hall–Kier alpha value is -3.13. The predicted molar refractivity (Wildman–Crippen MR) is 105 cm³/mol. The van der Waals surface area contributed by atoms with Crippen LogP contribution in [0.1, 0.15) is 38.4 Å². The average molecular weight is 391 g/mol. The first-order chi connectivity index (χ1) is 13.9. The topological polar surface area (TPSA) is 59.3 Å². The molecule has 3 atom stereocenters. The second-order valence-corrected chi connectivity index (χ2v) is 8.20. The van der Waals surface area contributed by atoms with E-state index >= 15 is 0 Å². The quantitative estimate of drug-likeness (QED) is 0.467. The molecule has 5 heteroatoms. The van der Waals surface area contributed by atoms with Crippen molar-refractivity contribution in [2.24, 2.45) is 17.3 Å². The first kappa shape index (κ1) is 19.2. The number of carbonyl (C=O) groups excluding carboxylic acids is 1. The number of rotatable bonds is 6. The molecule has 2 fully saturated rings. The molecule has 148 valence electrons. The minimum absolute atomic E-state index is 0.0203. The lowest BCUT2D eigenvalue weighted by molar-refractivity contribution is -0.149. The van der Waals surface area contributed by atoms with E-state index < -0.39 is 11.9 Å². The highest BCUT2D eigenvalue weighted by Crippen LogP contribution is 2.61. The van der Waals surface area contributed by atoms with Crippen LogP contribution in [0.4, 0.5) is 4.39 Å². The van der Waals surface area contributed by atoms with E-state index in [1.165, 1.54) is 23.8 Å². The van der Waals surface area contributed by atoms with Crippen molar-refractivity contribution in [3.05, 3.63) is 71.6 Å². The number of nitrogens with zero attached hydrogens (tertiary/aromatic N) is 1. The van der Waals surface area contributed by atoms with Crippen molar-refractivity contribution in [3.8, 4) is 17.6 Å². The first-order valence-corrected chi connectivity index (χ1v) is 9.72. The van der Waals surface area contributed by atoms with E-state index in [2.05, 4.69) is 6.08 Å². The summed E-state index contributed by atoms with van der Waals surface area (Å²) in [5, 5.41) is 9.56. The zero-order valence-electron chi connectivity index (χ0n) is 16.4. The second kappa shape index (κ2) is 7.36. The summed E-state index contributed by atoms with van der Waals surface area (Å²) in [7, 11) is 0. The number of ether oxygens (including phenoxy) is 2. The fourth-order valence-corrected chi connectivity index (χ4v) is 3.67. The van der Waals surface area contributed by atoms with E-state index in [1.807, 2.05) is 26.0 Å². The van der Waals surface area contributed by atoms with Gasteiger partial charge in [0, 0.05) is 5.56 Å². The highest BCUT2D eigenvalue weighted by Gasteiger charge is 2.62. The molecule has 2 aromatic carbocycles. The van der Waals surface area contributed by atoms with Gasteiger partial charge in [-0.2, -0.15) is 5.26 Å². The molecule has 0 N–H and O–H groups in total. The number of hydrogen-bond donors (Lipinski definition) is 0. The minimum Gasteiger partial charge on any atom is -0.454 e. The van der Waals surface area contributed by atoms with Gasteiger partial charge in [-0.3, -0.25) is 4.79 Å². The van der Waals surface area contributed by atoms with Crippen molar-refractivity contribution in [2.45, 2.75) is 32.8 Å². The van der Waals surface area contributed by atoms with Gasteiger partial charge >= 0.3 is 5.97 Å². The Labute approximate surface area is 169 Å². The molecule has 0 spiro atoms. The average Bonchev–Trinajstić information content (AvgIpc) is 3.61. The molecule has 4 rings (SSSR count). The molecule has 0 bridgehead atoms. The van der Waals surface area contributed by atoms with Crippen molar-refractivity contribution in [2.75, 3.05) is 0 Å². The van der Waals surface area contributed by atoms with E-state index in [0.717, 1.165) is 12.8 Å². The summed E-state index contributed by atoms with van der Waals surface area (Å²) in [4.78, 5) is 12.7. The van der Waals surface area contributed by atoms with E-state index in [0.29, 0.717) is 11.3 Å².